The molecular formula is C24H20N2O5. The van der Waals surface area contributed by atoms with Gasteiger partial charge in [0.2, 0.25) is 0 Å². The molecule has 1 aliphatic heterocycles. The first-order valence-corrected chi connectivity index (χ1v) is 10.1. The van der Waals surface area contributed by atoms with Crippen LogP contribution in [0.5, 0.6) is 5.75 Å². The molecule has 0 saturated carbocycles. The van der Waals surface area contributed by atoms with Crippen LogP contribution in [-0.2, 0) is 4.79 Å². The number of hydrogen-bond donors (Lipinski definition) is 1. The second-order valence-corrected chi connectivity index (χ2v) is 9.16. The number of non-ortho nitro benzene ring substituents is 1. The number of fused-ring (bicyclic) bond motifs is 3. The van der Waals surface area contributed by atoms with Crippen LogP contribution < -0.4 is 0 Å². The van der Waals surface area contributed by atoms with E-state index in [2.05, 4.69) is 0 Å². The van der Waals surface area contributed by atoms with Crippen LogP contribution in [0, 0.1) is 21.4 Å². The van der Waals surface area contributed by atoms with E-state index in [0.717, 1.165) is 5.56 Å². The summed E-state index contributed by atoms with van der Waals surface area (Å²) in [5, 5.41) is 22.1. The first-order chi connectivity index (χ1) is 14.7. The first kappa shape index (κ1) is 19.4. The second-order valence-electron chi connectivity index (χ2n) is 9.16. The van der Waals surface area contributed by atoms with Gasteiger partial charge in [0.05, 0.1) is 16.6 Å². The number of carbonyl (C=O) groups excluding carboxylic acids is 2. The number of nitro benzene ring substituents is 1. The van der Waals surface area contributed by atoms with E-state index >= 15 is 0 Å². The first-order valence-electron chi connectivity index (χ1n) is 10.1. The van der Waals surface area contributed by atoms with Gasteiger partial charge in [-0.2, -0.15) is 0 Å². The molecule has 2 unspecified atom stereocenters. The molecule has 7 nitrogen and oxygen atoms in total. The van der Waals surface area contributed by atoms with Gasteiger partial charge in [0.1, 0.15) is 5.75 Å². The van der Waals surface area contributed by atoms with Crippen LogP contribution in [0.2, 0.25) is 0 Å². The summed E-state index contributed by atoms with van der Waals surface area (Å²) >= 11 is 0. The van der Waals surface area contributed by atoms with Gasteiger partial charge in [-0.1, -0.05) is 38.1 Å². The predicted octanol–water partition coefficient (Wildman–Crippen LogP) is 4.34. The van der Waals surface area contributed by atoms with Crippen LogP contribution in [-0.4, -0.2) is 27.3 Å². The minimum absolute atomic E-state index is 0.131. The molecule has 0 amide bonds. The maximum Gasteiger partial charge on any atom is 0.269 e. The highest BCUT2D eigenvalue weighted by molar-refractivity contribution is 6.30. The summed E-state index contributed by atoms with van der Waals surface area (Å²) in [6, 6.07) is 10.9. The lowest BCUT2D eigenvalue weighted by molar-refractivity contribution is -0.385. The summed E-state index contributed by atoms with van der Waals surface area (Å²) in [5.41, 5.74) is 2.53. The zero-order valence-corrected chi connectivity index (χ0v) is 17.1. The smallest absolute Gasteiger partial charge is 0.269 e. The molecule has 2 atom stereocenters. The normalized spacial score (nSPS) is 23.7. The van der Waals surface area contributed by atoms with E-state index in [4.69, 9.17) is 4.99 Å². The number of phenolic OH excluding ortho intramolecular Hbond substituents is 1. The van der Waals surface area contributed by atoms with E-state index < -0.39 is 16.8 Å². The minimum atomic E-state index is -0.814. The predicted molar refractivity (Wildman–Crippen MR) is 113 cm³/mol. The van der Waals surface area contributed by atoms with Crippen LogP contribution >= 0.6 is 0 Å². The Morgan fingerprint density at radius 2 is 1.77 bits per heavy atom. The lowest BCUT2D eigenvalue weighted by Gasteiger charge is -2.38. The fourth-order valence-electron chi connectivity index (χ4n) is 5.13. The Balaban J connectivity index is 1.80. The molecule has 31 heavy (non-hydrogen) atoms. The van der Waals surface area contributed by atoms with E-state index in [1.165, 1.54) is 18.2 Å². The largest absolute Gasteiger partial charge is 0.508 e. The third-order valence-corrected chi connectivity index (χ3v) is 6.40. The molecule has 3 aliphatic rings. The monoisotopic (exact) mass is 416 g/mol. The standard InChI is InChI=1S/C24H20N2O5/c1-24(2)10-16-20(18(28)11-24)19(15-9-12(26(30)31)7-8-17(15)27)21-22(25-16)13-5-3-4-6-14(13)23(21)29/h3-9,19,21,27H,10-11H2,1-2H3. The fraction of sp³-hybridized carbons (Fsp3) is 0.292. The summed E-state index contributed by atoms with van der Waals surface area (Å²) in [6.45, 7) is 3.99. The number of Topliss-reactive ketones (excluding diaryl/α,β-unsaturated/α-hetero) is 2. The summed E-state index contributed by atoms with van der Waals surface area (Å²) in [5.74, 6) is -2.10. The van der Waals surface area contributed by atoms with Gasteiger partial charge in [0.25, 0.3) is 5.69 Å². The van der Waals surface area contributed by atoms with Gasteiger partial charge in [-0.05, 0) is 17.9 Å². The Hall–Kier alpha value is -3.61. The average Bonchev–Trinajstić information content (AvgIpc) is 2.98. The van der Waals surface area contributed by atoms with E-state index in [0.29, 0.717) is 29.0 Å². The molecule has 0 fully saturated rings. The number of ketones is 2. The number of nitrogens with zero attached hydrogens (tertiary/aromatic N) is 2. The Kier molecular flexibility index (Phi) is 4.02. The molecule has 2 aliphatic carbocycles. The number of rotatable bonds is 2. The van der Waals surface area contributed by atoms with Gasteiger partial charge in [-0.15, -0.1) is 0 Å². The zero-order valence-electron chi connectivity index (χ0n) is 17.1. The number of carbonyl (C=O) groups is 2. The van der Waals surface area contributed by atoms with Gasteiger partial charge in [0, 0.05) is 52.4 Å². The number of phenols is 1. The highest BCUT2D eigenvalue weighted by Gasteiger charge is 2.51. The molecule has 1 N–H and O–H groups in total. The summed E-state index contributed by atoms with van der Waals surface area (Å²) in [7, 11) is 0. The average molecular weight is 416 g/mol. The van der Waals surface area contributed by atoms with Crippen molar-refractivity contribution < 1.29 is 19.6 Å². The topological polar surface area (TPSA) is 110 Å². The molecule has 2 aromatic rings. The van der Waals surface area contributed by atoms with Crippen molar-refractivity contribution in [2.24, 2.45) is 16.3 Å². The zero-order chi connectivity index (χ0) is 22.1. The number of aliphatic imine (C=N–C) groups is 1. The molecule has 7 heteroatoms. The van der Waals surface area contributed by atoms with Crippen molar-refractivity contribution in [2.45, 2.75) is 32.6 Å². The molecule has 1 heterocycles. The highest BCUT2D eigenvalue weighted by atomic mass is 16.6. The third kappa shape index (κ3) is 2.84. The highest BCUT2D eigenvalue weighted by Crippen LogP contribution is 2.52. The molecule has 0 saturated heterocycles. The van der Waals surface area contributed by atoms with Crippen molar-refractivity contribution in [2.75, 3.05) is 0 Å². The van der Waals surface area contributed by atoms with Gasteiger partial charge in [-0.3, -0.25) is 24.7 Å². The Morgan fingerprint density at radius 3 is 2.48 bits per heavy atom. The minimum Gasteiger partial charge on any atom is -0.508 e. The quantitative estimate of drug-likeness (QED) is 0.578. The summed E-state index contributed by atoms with van der Waals surface area (Å²) in [4.78, 5) is 42.4. The lowest BCUT2D eigenvalue weighted by atomic mass is 9.66. The van der Waals surface area contributed by atoms with Gasteiger partial charge < -0.3 is 5.11 Å². The van der Waals surface area contributed by atoms with E-state index in [9.17, 15) is 24.8 Å². The Labute approximate surface area is 178 Å². The number of allylic oxidation sites excluding steroid dienone is 2. The molecule has 0 aromatic heterocycles. The number of benzene rings is 2. The van der Waals surface area contributed by atoms with Crippen molar-refractivity contribution in [1.82, 2.24) is 0 Å². The summed E-state index contributed by atoms with van der Waals surface area (Å²) in [6.07, 6.45) is 0.837. The van der Waals surface area contributed by atoms with Crippen molar-refractivity contribution in [1.29, 1.82) is 0 Å². The van der Waals surface area contributed by atoms with Crippen molar-refractivity contribution >= 4 is 23.0 Å². The molecule has 156 valence electrons. The Bertz CT molecular complexity index is 1250. The third-order valence-electron chi connectivity index (χ3n) is 6.40. The maximum absolute atomic E-state index is 13.4. The molecule has 0 bridgehead atoms. The SMILES string of the molecule is CC1(C)CC(=O)C2=C(C1)N=C1c3ccccc3C(=O)C1C2c1cc([N+](=O)[O-])ccc1O. The number of hydrogen-bond acceptors (Lipinski definition) is 6. The number of nitro groups is 1. The van der Waals surface area contributed by atoms with Crippen molar-refractivity contribution in [3.05, 3.63) is 80.5 Å². The number of aromatic hydroxyl groups is 1. The van der Waals surface area contributed by atoms with Crippen LogP contribution in [0.3, 0.4) is 0 Å². The van der Waals surface area contributed by atoms with E-state index in [-0.39, 0.29) is 40.4 Å². The molecule has 0 spiro atoms. The van der Waals surface area contributed by atoms with Crippen molar-refractivity contribution in [3.8, 4) is 5.75 Å². The van der Waals surface area contributed by atoms with Crippen LogP contribution in [0.1, 0.15) is 54.1 Å². The maximum atomic E-state index is 13.4. The van der Waals surface area contributed by atoms with E-state index in [1.54, 1.807) is 12.1 Å². The molecular weight excluding hydrogens is 396 g/mol. The fourth-order valence-corrected chi connectivity index (χ4v) is 5.13. The van der Waals surface area contributed by atoms with Gasteiger partial charge in [0.15, 0.2) is 11.6 Å². The van der Waals surface area contributed by atoms with Crippen LogP contribution in [0.25, 0.3) is 0 Å². The van der Waals surface area contributed by atoms with Crippen LogP contribution in [0.15, 0.2) is 58.7 Å². The van der Waals surface area contributed by atoms with E-state index in [1.807, 2.05) is 26.0 Å². The van der Waals surface area contributed by atoms with Gasteiger partial charge in [-0.25, -0.2) is 0 Å². The molecule has 0 radical (unpaired) electrons. The van der Waals surface area contributed by atoms with Crippen molar-refractivity contribution in [3.63, 3.8) is 0 Å². The Morgan fingerprint density at radius 1 is 1.06 bits per heavy atom. The summed E-state index contributed by atoms with van der Waals surface area (Å²) < 4.78 is 0. The van der Waals surface area contributed by atoms with Gasteiger partial charge >= 0.3 is 0 Å². The molecule has 5 rings (SSSR count). The second kappa shape index (κ2) is 6.44. The molecule has 2 aromatic carbocycles. The van der Waals surface area contributed by atoms with Crippen LogP contribution in [0.4, 0.5) is 5.69 Å². The lowest BCUT2D eigenvalue weighted by Crippen LogP contribution is -2.37.